The van der Waals surface area contributed by atoms with E-state index in [0.29, 0.717) is 36.2 Å². The van der Waals surface area contributed by atoms with Crippen LogP contribution in [0.5, 0.6) is 11.5 Å². The summed E-state index contributed by atoms with van der Waals surface area (Å²) in [5.41, 5.74) is 1.96. The van der Waals surface area contributed by atoms with Crippen molar-refractivity contribution in [3.8, 4) is 11.5 Å². The predicted octanol–water partition coefficient (Wildman–Crippen LogP) is 5.92. The Kier molecular flexibility index (Phi) is 7.99. The average Bonchev–Trinajstić information content (AvgIpc) is 3.00. The molecule has 1 heterocycles. The van der Waals surface area contributed by atoms with Gasteiger partial charge in [-0.1, -0.05) is 46.3 Å². The third-order valence-corrected chi connectivity index (χ3v) is 6.11. The summed E-state index contributed by atoms with van der Waals surface area (Å²) in [5, 5.41) is -0.230. The number of nitrogens with zero attached hydrogens (tertiary/aromatic N) is 1. The van der Waals surface area contributed by atoms with Crippen molar-refractivity contribution in [1.82, 2.24) is 4.90 Å². The van der Waals surface area contributed by atoms with Crippen molar-refractivity contribution in [2.75, 3.05) is 19.8 Å². The largest absolute Gasteiger partial charge is 0.490 e. The van der Waals surface area contributed by atoms with E-state index in [-0.39, 0.29) is 11.1 Å². The lowest BCUT2D eigenvalue weighted by molar-refractivity contribution is -0.122. The van der Waals surface area contributed by atoms with Gasteiger partial charge >= 0.3 is 0 Å². The number of ether oxygens (including phenoxy) is 2. The molecule has 0 unspecified atom stereocenters. The van der Waals surface area contributed by atoms with Crippen LogP contribution in [0.3, 0.4) is 0 Å². The van der Waals surface area contributed by atoms with Crippen molar-refractivity contribution in [2.45, 2.75) is 26.7 Å². The van der Waals surface area contributed by atoms with E-state index >= 15 is 0 Å². The molecule has 0 aliphatic carbocycles. The van der Waals surface area contributed by atoms with Crippen molar-refractivity contribution in [2.24, 2.45) is 0 Å². The van der Waals surface area contributed by atoms with Crippen molar-refractivity contribution in [3.05, 3.63) is 63.0 Å². The van der Waals surface area contributed by atoms with Crippen LogP contribution in [0, 0.1) is 0 Å². The third-order valence-electron chi connectivity index (χ3n) is 4.51. The monoisotopic (exact) mass is 489 g/mol. The Morgan fingerprint density at radius 3 is 2.37 bits per heavy atom. The first-order valence-corrected chi connectivity index (χ1v) is 11.5. The molecule has 3 rings (SSSR count). The molecule has 0 spiro atoms. The second kappa shape index (κ2) is 10.7. The van der Waals surface area contributed by atoms with Gasteiger partial charge in [-0.05, 0) is 67.8 Å². The van der Waals surface area contributed by atoms with Crippen LogP contribution in [0.1, 0.15) is 31.4 Å². The molecule has 0 saturated carbocycles. The molecule has 158 valence electrons. The molecule has 1 aliphatic rings. The number of rotatable bonds is 9. The summed E-state index contributed by atoms with van der Waals surface area (Å²) >= 11 is 4.50. The van der Waals surface area contributed by atoms with Gasteiger partial charge in [-0.25, -0.2) is 0 Å². The van der Waals surface area contributed by atoms with Gasteiger partial charge in [0.1, 0.15) is 0 Å². The van der Waals surface area contributed by atoms with E-state index in [2.05, 4.69) is 15.9 Å². The summed E-state index contributed by atoms with van der Waals surface area (Å²) in [6.45, 7) is 5.24. The van der Waals surface area contributed by atoms with Gasteiger partial charge in [0.05, 0.1) is 18.1 Å². The van der Waals surface area contributed by atoms with Crippen LogP contribution in [-0.2, 0) is 11.2 Å². The third kappa shape index (κ3) is 5.46. The maximum absolute atomic E-state index is 12.8. The summed E-state index contributed by atoms with van der Waals surface area (Å²) in [7, 11) is 0. The Hall–Kier alpha value is -2.25. The first-order chi connectivity index (χ1) is 14.5. The molecule has 0 aromatic heterocycles. The fourth-order valence-electron chi connectivity index (χ4n) is 3.12. The zero-order valence-corrected chi connectivity index (χ0v) is 19.4. The molecular formula is C23H24BrNO4S. The maximum atomic E-state index is 12.8. The summed E-state index contributed by atoms with van der Waals surface area (Å²) in [6, 6.07) is 13.7. The number of benzene rings is 2. The second-order valence-electron chi connectivity index (χ2n) is 6.61. The van der Waals surface area contributed by atoms with Gasteiger partial charge in [0.2, 0.25) is 0 Å². The average molecular weight is 490 g/mol. The van der Waals surface area contributed by atoms with E-state index in [1.165, 1.54) is 10.5 Å². The minimum atomic E-state index is -0.253. The Morgan fingerprint density at radius 1 is 1.03 bits per heavy atom. The van der Waals surface area contributed by atoms with Crippen LogP contribution in [0.15, 0.2) is 51.8 Å². The predicted molar refractivity (Wildman–Crippen MR) is 124 cm³/mol. The highest BCUT2D eigenvalue weighted by Gasteiger charge is 2.34. The lowest BCUT2D eigenvalue weighted by Crippen LogP contribution is -2.29. The van der Waals surface area contributed by atoms with Gasteiger partial charge in [0, 0.05) is 11.0 Å². The van der Waals surface area contributed by atoms with Gasteiger partial charge in [0.15, 0.2) is 11.5 Å². The molecule has 30 heavy (non-hydrogen) atoms. The first-order valence-electron chi connectivity index (χ1n) is 9.92. The number of amides is 2. The van der Waals surface area contributed by atoms with Crippen molar-refractivity contribution < 1.29 is 19.1 Å². The smallest absolute Gasteiger partial charge is 0.293 e. The maximum Gasteiger partial charge on any atom is 0.293 e. The van der Waals surface area contributed by atoms with E-state index in [0.717, 1.165) is 34.6 Å². The molecule has 0 atom stereocenters. The zero-order valence-electron chi connectivity index (χ0n) is 17.0. The van der Waals surface area contributed by atoms with Crippen molar-refractivity contribution >= 4 is 44.9 Å². The molecule has 7 heteroatoms. The Balaban J connectivity index is 1.73. The highest BCUT2D eigenvalue weighted by Crippen LogP contribution is 2.38. The molecule has 1 fully saturated rings. The SMILES string of the molecule is CCOc1cc(Br)c(/C=C2/SC(=O)N(CCCc3ccccc3)C2=O)cc1OCC. The lowest BCUT2D eigenvalue weighted by Gasteiger charge is -2.13. The second-order valence-corrected chi connectivity index (χ2v) is 8.46. The van der Waals surface area contributed by atoms with E-state index in [1.54, 1.807) is 6.08 Å². The number of hydrogen-bond donors (Lipinski definition) is 0. The normalized spacial score (nSPS) is 15.2. The topological polar surface area (TPSA) is 55.8 Å². The first kappa shape index (κ1) is 22.4. The highest BCUT2D eigenvalue weighted by molar-refractivity contribution is 9.10. The van der Waals surface area contributed by atoms with Crippen LogP contribution >= 0.6 is 27.7 Å². The fourth-order valence-corrected chi connectivity index (χ4v) is 4.41. The molecule has 5 nitrogen and oxygen atoms in total. The Bertz CT molecular complexity index is 946. The van der Waals surface area contributed by atoms with Crippen LogP contribution in [-0.4, -0.2) is 35.8 Å². The molecular weight excluding hydrogens is 466 g/mol. The number of halogens is 1. The number of carbonyl (C=O) groups is 2. The van der Waals surface area contributed by atoms with Crippen LogP contribution in [0.25, 0.3) is 6.08 Å². The molecule has 2 aromatic rings. The van der Waals surface area contributed by atoms with E-state index in [9.17, 15) is 9.59 Å². The van der Waals surface area contributed by atoms with Crippen LogP contribution in [0.2, 0.25) is 0 Å². The standard InChI is InChI=1S/C23H24BrNO4S/c1-3-28-19-13-17(18(24)15-20(19)29-4-2)14-21-22(26)25(23(27)30-21)12-8-11-16-9-6-5-7-10-16/h5-7,9-10,13-15H,3-4,8,11-12H2,1-2H3/b21-14+. The fraction of sp³-hybridized carbons (Fsp3) is 0.304. The number of imide groups is 1. The van der Waals surface area contributed by atoms with Gasteiger partial charge in [-0.15, -0.1) is 0 Å². The molecule has 0 bridgehead atoms. The lowest BCUT2D eigenvalue weighted by atomic mass is 10.1. The summed E-state index contributed by atoms with van der Waals surface area (Å²) in [4.78, 5) is 26.9. The molecule has 2 aromatic carbocycles. The molecule has 1 aliphatic heterocycles. The minimum Gasteiger partial charge on any atom is -0.490 e. The van der Waals surface area contributed by atoms with Crippen LogP contribution in [0.4, 0.5) is 4.79 Å². The molecule has 0 radical (unpaired) electrons. The molecule has 1 saturated heterocycles. The zero-order chi connectivity index (χ0) is 21.5. The number of thioether (sulfide) groups is 1. The number of carbonyl (C=O) groups excluding carboxylic acids is 2. The summed E-state index contributed by atoms with van der Waals surface area (Å²) < 4.78 is 12.1. The van der Waals surface area contributed by atoms with Gasteiger partial charge in [-0.2, -0.15) is 0 Å². The Morgan fingerprint density at radius 2 is 1.70 bits per heavy atom. The highest BCUT2D eigenvalue weighted by atomic mass is 79.9. The molecule has 0 N–H and O–H groups in total. The van der Waals surface area contributed by atoms with Crippen LogP contribution < -0.4 is 9.47 Å². The minimum absolute atomic E-state index is 0.230. The summed E-state index contributed by atoms with van der Waals surface area (Å²) in [5.74, 6) is 0.991. The van der Waals surface area contributed by atoms with Gasteiger partial charge in [0.25, 0.3) is 11.1 Å². The Labute approximate surface area is 189 Å². The van der Waals surface area contributed by atoms with Gasteiger partial charge < -0.3 is 9.47 Å². The van der Waals surface area contributed by atoms with E-state index < -0.39 is 0 Å². The quantitative estimate of drug-likeness (QED) is 0.409. The molecule has 2 amide bonds. The van der Waals surface area contributed by atoms with Crippen molar-refractivity contribution in [3.63, 3.8) is 0 Å². The van der Waals surface area contributed by atoms with Crippen molar-refractivity contribution in [1.29, 1.82) is 0 Å². The van der Waals surface area contributed by atoms with Gasteiger partial charge in [-0.3, -0.25) is 14.5 Å². The number of hydrogen-bond acceptors (Lipinski definition) is 5. The number of aryl methyl sites for hydroxylation is 1. The summed E-state index contributed by atoms with van der Waals surface area (Å²) in [6.07, 6.45) is 3.28. The van der Waals surface area contributed by atoms with E-state index in [1.807, 2.05) is 56.3 Å². The van der Waals surface area contributed by atoms with E-state index in [4.69, 9.17) is 9.47 Å².